The van der Waals surface area contributed by atoms with Crippen molar-refractivity contribution in [1.29, 1.82) is 0 Å². The Balaban J connectivity index is 3.55. The summed E-state index contributed by atoms with van der Waals surface area (Å²) < 4.78 is 5.48. The van der Waals surface area contributed by atoms with Gasteiger partial charge in [0.2, 0.25) is 0 Å². The summed E-state index contributed by atoms with van der Waals surface area (Å²) >= 11 is 5.70. The molecule has 1 nitrogen and oxygen atoms in total. The Morgan fingerprint density at radius 2 is 1.94 bits per heavy atom. The molecule has 0 saturated heterocycles. The molecule has 0 radical (unpaired) electrons. The van der Waals surface area contributed by atoms with Crippen molar-refractivity contribution in [2.24, 2.45) is 0 Å². The summed E-state index contributed by atoms with van der Waals surface area (Å²) in [6.45, 7) is 8.04. The molecule has 0 saturated carbocycles. The highest BCUT2D eigenvalue weighted by atomic mass is 35.5. The number of ether oxygens (including phenoxy) is 1. The molecule has 0 aromatic rings. The molecule has 0 amide bonds. The summed E-state index contributed by atoms with van der Waals surface area (Å²) in [5, 5.41) is 0. The molecule has 0 fully saturated rings. The van der Waals surface area contributed by atoms with Crippen LogP contribution in [0.1, 0.15) is 46.5 Å². The number of hydrogen-bond acceptors (Lipinski definition) is 1. The average Bonchev–Trinajstić information content (AvgIpc) is 2.28. The first-order valence-corrected chi connectivity index (χ1v) is 6.69. The molecule has 0 N–H and O–H groups in total. The van der Waals surface area contributed by atoms with E-state index in [-0.39, 0.29) is 0 Å². The number of hydrogen-bond donors (Lipinski definition) is 0. The standard InChI is InChI=1S/C14H25ClO/c1-4-5-10-16-11-9-13(2)7-6-8-14(3)12-15/h8-9H,4-7,10-12H2,1-3H3/b13-9+,14-8+. The summed E-state index contributed by atoms with van der Waals surface area (Å²) in [5.74, 6) is 0.642. The SMILES string of the molecule is CCCCOC/C=C(\C)CC/C=C(\C)CCl. The van der Waals surface area contributed by atoms with Gasteiger partial charge in [-0.2, -0.15) is 0 Å². The number of halogens is 1. The molecular formula is C14H25ClO. The third kappa shape index (κ3) is 10.3. The smallest absolute Gasteiger partial charge is 0.0649 e. The lowest BCUT2D eigenvalue weighted by Gasteiger charge is -2.01. The van der Waals surface area contributed by atoms with E-state index >= 15 is 0 Å². The monoisotopic (exact) mass is 244 g/mol. The summed E-state index contributed by atoms with van der Waals surface area (Å²) in [6, 6.07) is 0. The second-order valence-electron chi connectivity index (χ2n) is 4.20. The van der Waals surface area contributed by atoms with E-state index in [1.165, 1.54) is 17.6 Å². The first-order chi connectivity index (χ1) is 7.70. The van der Waals surface area contributed by atoms with Crippen molar-refractivity contribution in [1.82, 2.24) is 0 Å². The van der Waals surface area contributed by atoms with Gasteiger partial charge < -0.3 is 4.74 Å². The third-order valence-corrected chi connectivity index (χ3v) is 2.86. The van der Waals surface area contributed by atoms with Gasteiger partial charge in [0.15, 0.2) is 0 Å². The van der Waals surface area contributed by atoms with Crippen molar-refractivity contribution in [2.45, 2.75) is 46.5 Å². The van der Waals surface area contributed by atoms with Gasteiger partial charge >= 0.3 is 0 Å². The van der Waals surface area contributed by atoms with Gasteiger partial charge in [-0.3, -0.25) is 0 Å². The third-order valence-electron chi connectivity index (χ3n) is 2.43. The molecule has 0 aliphatic rings. The zero-order valence-corrected chi connectivity index (χ0v) is 11.6. The van der Waals surface area contributed by atoms with E-state index in [9.17, 15) is 0 Å². The molecule has 0 aliphatic carbocycles. The zero-order chi connectivity index (χ0) is 12.2. The van der Waals surface area contributed by atoms with Gasteiger partial charge in [0.25, 0.3) is 0 Å². The quantitative estimate of drug-likeness (QED) is 0.324. The largest absolute Gasteiger partial charge is 0.377 e. The van der Waals surface area contributed by atoms with Crippen LogP contribution in [0, 0.1) is 0 Å². The van der Waals surface area contributed by atoms with Crippen LogP contribution in [0.25, 0.3) is 0 Å². The highest BCUT2D eigenvalue weighted by Gasteiger charge is 1.90. The van der Waals surface area contributed by atoms with E-state index < -0.39 is 0 Å². The topological polar surface area (TPSA) is 9.23 Å². The lowest BCUT2D eigenvalue weighted by atomic mass is 10.1. The van der Waals surface area contributed by atoms with Crippen molar-refractivity contribution in [3.05, 3.63) is 23.3 Å². The highest BCUT2D eigenvalue weighted by molar-refractivity contribution is 6.19. The molecular weight excluding hydrogens is 220 g/mol. The molecule has 2 heteroatoms. The normalized spacial score (nSPS) is 13.2. The van der Waals surface area contributed by atoms with Crippen LogP contribution in [0.3, 0.4) is 0 Å². The average molecular weight is 245 g/mol. The van der Waals surface area contributed by atoms with Gasteiger partial charge in [-0.25, -0.2) is 0 Å². The molecule has 0 aromatic heterocycles. The van der Waals surface area contributed by atoms with Crippen LogP contribution in [0.5, 0.6) is 0 Å². The second kappa shape index (κ2) is 11.2. The maximum Gasteiger partial charge on any atom is 0.0649 e. The van der Waals surface area contributed by atoms with Crippen molar-refractivity contribution in [2.75, 3.05) is 19.1 Å². The van der Waals surface area contributed by atoms with Crippen LogP contribution in [-0.4, -0.2) is 19.1 Å². The second-order valence-corrected chi connectivity index (χ2v) is 4.47. The van der Waals surface area contributed by atoms with Crippen molar-refractivity contribution in [3.8, 4) is 0 Å². The number of alkyl halides is 1. The Labute approximate surface area is 106 Å². The molecule has 0 atom stereocenters. The van der Waals surface area contributed by atoms with E-state index in [1.807, 2.05) is 0 Å². The van der Waals surface area contributed by atoms with Crippen LogP contribution in [0.4, 0.5) is 0 Å². The molecule has 0 unspecified atom stereocenters. The molecule has 0 bridgehead atoms. The lowest BCUT2D eigenvalue weighted by molar-refractivity contribution is 0.158. The van der Waals surface area contributed by atoms with Gasteiger partial charge in [0.1, 0.15) is 0 Å². The summed E-state index contributed by atoms with van der Waals surface area (Å²) in [4.78, 5) is 0. The highest BCUT2D eigenvalue weighted by Crippen LogP contribution is 2.07. The Morgan fingerprint density at radius 3 is 2.56 bits per heavy atom. The number of allylic oxidation sites excluding steroid dienone is 3. The Kier molecular flexibility index (Phi) is 11.0. The van der Waals surface area contributed by atoms with E-state index in [0.717, 1.165) is 32.5 Å². The molecule has 0 heterocycles. The molecule has 0 spiro atoms. The zero-order valence-electron chi connectivity index (χ0n) is 10.9. The molecule has 0 rings (SSSR count). The van der Waals surface area contributed by atoms with E-state index in [2.05, 4.69) is 32.9 Å². The van der Waals surface area contributed by atoms with Crippen LogP contribution in [0.2, 0.25) is 0 Å². The van der Waals surface area contributed by atoms with E-state index in [0.29, 0.717) is 5.88 Å². The van der Waals surface area contributed by atoms with Gasteiger partial charge in [0.05, 0.1) is 6.61 Å². The summed E-state index contributed by atoms with van der Waals surface area (Å²) in [7, 11) is 0. The summed E-state index contributed by atoms with van der Waals surface area (Å²) in [6.07, 6.45) is 8.93. The Morgan fingerprint density at radius 1 is 1.19 bits per heavy atom. The number of unbranched alkanes of at least 4 members (excludes halogenated alkanes) is 1. The van der Waals surface area contributed by atoms with E-state index in [1.54, 1.807) is 0 Å². The minimum atomic E-state index is 0.642. The molecule has 94 valence electrons. The minimum absolute atomic E-state index is 0.642. The van der Waals surface area contributed by atoms with Crippen LogP contribution >= 0.6 is 11.6 Å². The first kappa shape index (κ1) is 15.7. The molecule has 0 aliphatic heterocycles. The Hall–Kier alpha value is -0.270. The fraction of sp³-hybridized carbons (Fsp3) is 0.714. The van der Waals surface area contributed by atoms with Crippen molar-refractivity contribution < 1.29 is 4.74 Å². The maximum absolute atomic E-state index is 5.70. The van der Waals surface area contributed by atoms with Gasteiger partial charge in [-0.15, -0.1) is 11.6 Å². The van der Waals surface area contributed by atoms with Gasteiger partial charge in [-0.05, 0) is 33.1 Å². The van der Waals surface area contributed by atoms with Gasteiger partial charge in [-0.1, -0.05) is 36.6 Å². The maximum atomic E-state index is 5.70. The fourth-order valence-corrected chi connectivity index (χ4v) is 1.34. The van der Waals surface area contributed by atoms with Crippen molar-refractivity contribution in [3.63, 3.8) is 0 Å². The number of rotatable bonds is 9. The molecule has 0 aromatic carbocycles. The van der Waals surface area contributed by atoms with Crippen LogP contribution in [0.15, 0.2) is 23.3 Å². The summed E-state index contributed by atoms with van der Waals surface area (Å²) in [5.41, 5.74) is 2.66. The predicted molar refractivity (Wildman–Crippen MR) is 73.2 cm³/mol. The van der Waals surface area contributed by atoms with E-state index in [4.69, 9.17) is 16.3 Å². The fourth-order valence-electron chi connectivity index (χ4n) is 1.23. The van der Waals surface area contributed by atoms with Gasteiger partial charge in [0, 0.05) is 12.5 Å². The predicted octanol–water partition coefficient (Wildman–Crippen LogP) is 4.71. The van der Waals surface area contributed by atoms with Crippen LogP contribution in [-0.2, 0) is 4.74 Å². The van der Waals surface area contributed by atoms with Crippen LogP contribution < -0.4 is 0 Å². The Bertz CT molecular complexity index is 219. The van der Waals surface area contributed by atoms with Crippen molar-refractivity contribution >= 4 is 11.6 Å². The first-order valence-electron chi connectivity index (χ1n) is 6.15. The molecule has 16 heavy (non-hydrogen) atoms. The lowest BCUT2D eigenvalue weighted by Crippen LogP contribution is -1.94. The minimum Gasteiger partial charge on any atom is -0.377 e.